The molecule has 5 heteroatoms. The van der Waals surface area contributed by atoms with Crippen LogP contribution in [-0.2, 0) is 6.61 Å². The van der Waals surface area contributed by atoms with Gasteiger partial charge in [0.15, 0.2) is 0 Å². The number of nitriles is 1. The SMILES string of the molecule is COc1cc(C#N)cc(Oc2ccc(CO)c(Br)c2)c1. The molecule has 0 atom stereocenters. The molecule has 0 aliphatic carbocycles. The zero-order valence-corrected chi connectivity index (χ0v) is 12.3. The fraction of sp³-hybridized carbons (Fsp3) is 0.133. The second-order valence-corrected chi connectivity index (χ2v) is 4.88. The van der Waals surface area contributed by atoms with E-state index in [2.05, 4.69) is 22.0 Å². The van der Waals surface area contributed by atoms with Gasteiger partial charge in [0.2, 0.25) is 0 Å². The Morgan fingerprint density at radius 3 is 2.50 bits per heavy atom. The summed E-state index contributed by atoms with van der Waals surface area (Å²) >= 11 is 3.36. The molecule has 0 radical (unpaired) electrons. The average molecular weight is 334 g/mol. The zero-order valence-electron chi connectivity index (χ0n) is 10.8. The van der Waals surface area contributed by atoms with Crippen LogP contribution in [-0.4, -0.2) is 12.2 Å². The minimum Gasteiger partial charge on any atom is -0.497 e. The maximum atomic E-state index is 9.11. The van der Waals surface area contributed by atoms with Crippen molar-refractivity contribution in [3.05, 3.63) is 52.0 Å². The van der Waals surface area contributed by atoms with E-state index in [-0.39, 0.29) is 6.61 Å². The molecule has 0 fully saturated rings. The second kappa shape index (κ2) is 6.42. The minimum absolute atomic E-state index is 0.0431. The van der Waals surface area contributed by atoms with Gasteiger partial charge in [0.25, 0.3) is 0 Å². The summed E-state index contributed by atoms with van der Waals surface area (Å²) in [5.74, 6) is 1.68. The van der Waals surface area contributed by atoms with Gasteiger partial charge in [-0.2, -0.15) is 5.26 Å². The third-order valence-corrected chi connectivity index (χ3v) is 3.41. The number of halogens is 1. The number of ether oxygens (including phenoxy) is 2. The third-order valence-electron chi connectivity index (χ3n) is 2.68. The van der Waals surface area contributed by atoms with Crippen molar-refractivity contribution in [1.82, 2.24) is 0 Å². The monoisotopic (exact) mass is 333 g/mol. The maximum absolute atomic E-state index is 9.11. The van der Waals surface area contributed by atoms with Crippen molar-refractivity contribution in [2.75, 3.05) is 7.11 Å². The third kappa shape index (κ3) is 3.29. The van der Waals surface area contributed by atoms with Crippen LogP contribution in [0.15, 0.2) is 40.9 Å². The largest absolute Gasteiger partial charge is 0.497 e. The predicted octanol–water partition coefficient (Wildman–Crippen LogP) is 3.61. The van der Waals surface area contributed by atoms with Gasteiger partial charge in [-0.1, -0.05) is 22.0 Å². The molecular formula is C15H12BrNO3. The molecule has 1 N–H and O–H groups in total. The van der Waals surface area contributed by atoms with Crippen molar-refractivity contribution >= 4 is 15.9 Å². The van der Waals surface area contributed by atoms with Gasteiger partial charge in [-0.25, -0.2) is 0 Å². The number of hydrogen-bond donors (Lipinski definition) is 1. The molecule has 2 rings (SSSR count). The molecule has 0 aliphatic heterocycles. The number of aliphatic hydroxyl groups excluding tert-OH is 1. The lowest BCUT2D eigenvalue weighted by Crippen LogP contribution is -1.91. The molecule has 102 valence electrons. The Bertz CT molecular complexity index is 665. The Labute approximate surface area is 125 Å². The number of hydrogen-bond acceptors (Lipinski definition) is 4. The summed E-state index contributed by atoms with van der Waals surface area (Å²) in [6.07, 6.45) is 0. The van der Waals surface area contributed by atoms with Crippen LogP contribution < -0.4 is 9.47 Å². The first kappa shape index (κ1) is 14.4. The van der Waals surface area contributed by atoms with Crippen LogP contribution >= 0.6 is 15.9 Å². The van der Waals surface area contributed by atoms with Gasteiger partial charge in [-0.05, 0) is 29.8 Å². The van der Waals surface area contributed by atoms with Crippen LogP contribution in [0.5, 0.6) is 17.2 Å². The van der Waals surface area contributed by atoms with Gasteiger partial charge in [-0.3, -0.25) is 0 Å². The first-order chi connectivity index (χ1) is 9.66. The zero-order chi connectivity index (χ0) is 14.5. The van der Waals surface area contributed by atoms with Crippen molar-refractivity contribution < 1.29 is 14.6 Å². The van der Waals surface area contributed by atoms with Gasteiger partial charge in [-0.15, -0.1) is 0 Å². The van der Waals surface area contributed by atoms with E-state index in [9.17, 15) is 0 Å². The highest BCUT2D eigenvalue weighted by Crippen LogP contribution is 2.30. The highest BCUT2D eigenvalue weighted by atomic mass is 79.9. The minimum atomic E-state index is -0.0431. The Morgan fingerprint density at radius 1 is 1.15 bits per heavy atom. The molecule has 0 saturated carbocycles. The van der Waals surface area contributed by atoms with Crippen LogP contribution in [0.3, 0.4) is 0 Å². The Hall–Kier alpha value is -2.03. The molecule has 0 amide bonds. The Balaban J connectivity index is 2.30. The van der Waals surface area contributed by atoms with Crippen molar-refractivity contribution in [1.29, 1.82) is 5.26 Å². The standard InChI is InChI=1S/C15H12BrNO3/c1-19-13-4-10(8-17)5-14(6-13)20-12-3-2-11(9-18)15(16)7-12/h2-7,18H,9H2,1H3. The van der Waals surface area contributed by atoms with Gasteiger partial charge in [0.05, 0.1) is 25.3 Å². The number of nitrogens with zero attached hydrogens (tertiary/aromatic N) is 1. The summed E-state index contributed by atoms with van der Waals surface area (Å²) in [7, 11) is 1.53. The molecular weight excluding hydrogens is 322 g/mol. The van der Waals surface area contributed by atoms with E-state index in [0.29, 0.717) is 22.8 Å². The van der Waals surface area contributed by atoms with Gasteiger partial charge < -0.3 is 14.6 Å². The Morgan fingerprint density at radius 2 is 1.90 bits per heavy atom. The molecule has 20 heavy (non-hydrogen) atoms. The van der Waals surface area contributed by atoms with Crippen LogP contribution in [0.1, 0.15) is 11.1 Å². The summed E-state index contributed by atoms with van der Waals surface area (Å²) in [4.78, 5) is 0. The van der Waals surface area contributed by atoms with Crippen LogP contribution in [0.25, 0.3) is 0 Å². The van der Waals surface area contributed by atoms with Gasteiger partial charge >= 0.3 is 0 Å². The molecule has 0 bridgehead atoms. The molecule has 0 heterocycles. The van der Waals surface area contributed by atoms with Gasteiger partial charge in [0.1, 0.15) is 17.2 Å². The molecule has 4 nitrogen and oxygen atoms in total. The van der Waals surface area contributed by atoms with E-state index in [1.807, 2.05) is 0 Å². The van der Waals surface area contributed by atoms with E-state index < -0.39 is 0 Å². The number of benzene rings is 2. The molecule has 2 aromatic carbocycles. The second-order valence-electron chi connectivity index (χ2n) is 4.02. The van der Waals surface area contributed by atoms with Crippen molar-refractivity contribution in [2.24, 2.45) is 0 Å². The predicted molar refractivity (Wildman–Crippen MR) is 77.8 cm³/mol. The fourth-order valence-corrected chi connectivity index (χ4v) is 2.15. The molecule has 0 aliphatic rings. The van der Waals surface area contributed by atoms with E-state index in [4.69, 9.17) is 19.8 Å². The maximum Gasteiger partial charge on any atom is 0.132 e. The quantitative estimate of drug-likeness (QED) is 0.928. The highest BCUT2D eigenvalue weighted by molar-refractivity contribution is 9.10. The summed E-state index contributed by atoms with van der Waals surface area (Å²) in [5, 5.41) is 18.1. The highest BCUT2D eigenvalue weighted by Gasteiger charge is 2.06. The topological polar surface area (TPSA) is 62.5 Å². The molecule has 0 unspecified atom stereocenters. The van der Waals surface area contributed by atoms with Crippen molar-refractivity contribution in [2.45, 2.75) is 6.61 Å². The lowest BCUT2D eigenvalue weighted by atomic mass is 10.2. The van der Waals surface area contributed by atoms with Crippen molar-refractivity contribution in [3.63, 3.8) is 0 Å². The first-order valence-corrected chi connectivity index (χ1v) is 6.62. The average Bonchev–Trinajstić information content (AvgIpc) is 2.47. The number of methoxy groups -OCH3 is 1. The molecule has 0 spiro atoms. The molecule has 2 aromatic rings. The lowest BCUT2D eigenvalue weighted by Gasteiger charge is -2.09. The normalized spacial score (nSPS) is 9.90. The number of aliphatic hydroxyl groups is 1. The van der Waals surface area contributed by atoms with Crippen LogP contribution in [0.2, 0.25) is 0 Å². The summed E-state index contributed by atoms with van der Waals surface area (Å²) < 4.78 is 11.6. The van der Waals surface area contributed by atoms with Gasteiger partial charge in [0, 0.05) is 10.5 Å². The van der Waals surface area contributed by atoms with Crippen LogP contribution in [0, 0.1) is 11.3 Å². The van der Waals surface area contributed by atoms with Crippen LogP contribution in [0.4, 0.5) is 0 Å². The van der Waals surface area contributed by atoms with E-state index >= 15 is 0 Å². The van der Waals surface area contributed by atoms with E-state index in [1.54, 1.807) is 36.4 Å². The molecule has 0 aromatic heterocycles. The van der Waals surface area contributed by atoms with E-state index in [1.165, 1.54) is 7.11 Å². The molecule has 0 saturated heterocycles. The number of rotatable bonds is 4. The summed E-state index contributed by atoms with van der Waals surface area (Å²) in [6.45, 7) is -0.0431. The summed E-state index contributed by atoms with van der Waals surface area (Å²) in [6, 6.07) is 12.3. The van der Waals surface area contributed by atoms with Crippen molar-refractivity contribution in [3.8, 4) is 23.3 Å². The lowest BCUT2D eigenvalue weighted by molar-refractivity contribution is 0.281. The fourth-order valence-electron chi connectivity index (χ4n) is 1.67. The Kier molecular flexibility index (Phi) is 4.61. The van der Waals surface area contributed by atoms with E-state index in [0.717, 1.165) is 10.0 Å². The smallest absolute Gasteiger partial charge is 0.132 e. The first-order valence-electron chi connectivity index (χ1n) is 5.82. The summed E-state index contributed by atoms with van der Waals surface area (Å²) in [5.41, 5.74) is 1.24.